The number of ether oxygens (including phenoxy) is 1. The smallest absolute Gasteiger partial charge is 0.408 e. The van der Waals surface area contributed by atoms with E-state index in [1.54, 1.807) is 6.07 Å². The minimum Gasteiger partial charge on any atom is -0.445 e. The summed E-state index contributed by atoms with van der Waals surface area (Å²) in [6.07, 6.45) is 0.930. The summed E-state index contributed by atoms with van der Waals surface area (Å²) < 4.78 is 5.04. The first-order valence-electron chi connectivity index (χ1n) is 6.49. The molecule has 112 valence electrons. The summed E-state index contributed by atoms with van der Waals surface area (Å²) in [5, 5.41) is 2.97. The molecule has 1 aromatic heterocycles. The van der Waals surface area contributed by atoms with Gasteiger partial charge in [0, 0.05) is 6.20 Å². The van der Waals surface area contributed by atoms with Gasteiger partial charge >= 0.3 is 6.09 Å². The van der Waals surface area contributed by atoms with Crippen molar-refractivity contribution in [2.24, 2.45) is 0 Å². The van der Waals surface area contributed by atoms with Crippen LogP contribution in [0.1, 0.15) is 11.3 Å². The van der Waals surface area contributed by atoms with E-state index in [4.69, 9.17) is 22.1 Å². The van der Waals surface area contributed by atoms with E-state index in [1.165, 1.54) is 6.20 Å². The maximum atomic E-state index is 11.5. The summed E-state index contributed by atoms with van der Waals surface area (Å²) in [7, 11) is 0. The largest absolute Gasteiger partial charge is 0.445 e. The average molecular weight is 316 g/mol. The molecular weight excluding hydrogens is 302 g/mol. The molecular formula is C16H14ClN3O2. The van der Waals surface area contributed by atoms with Crippen molar-refractivity contribution >= 4 is 23.4 Å². The van der Waals surface area contributed by atoms with E-state index < -0.39 is 6.09 Å². The number of carbonyl (C=O) groups excluding carboxylic acids is 1. The molecule has 0 aliphatic heterocycles. The Bertz CT molecular complexity index is 708. The number of pyridine rings is 1. The normalized spacial score (nSPS) is 9.50. The Morgan fingerprint density at radius 2 is 2.14 bits per heavy atom. The van der Waals surface area contributed by atoms with Crippen LogP contribution in [-0.4, -0.2) is 17.6 Å². The molecule has 22 heavy (non-hydrogen) atoms. The number of hydrogen-bond acceptors (Lipinski definition) is 4. The fourth-order valence-corrected chi connectivity index (χ4v) is 1.74. The molecule has 5 nitrogen and oxygen atoms in total. The van der Waals surface area contributed by atoms with Gasteiger partial charge in [-0.25, -0.2) is 9.78 Å². The number of alkyl carbamates (subject to hydrolysis) is 1. The van der Waals surface area contributed by atoms with Crippen LogP contribution in [-0.2, 0) is 11.3 Å². The number of nitrogens with one attached hydrogen (secondary N) is 1. The van der Waals surface area contributed by atoms with Crippen molar-refractivity contribution in [3.8, 4) is 11.8 Å². The number of rotatable bonds is 3. The van der Waals surface area contributed by atoms with Gasteiger partial charge in [-0.05, 0) is 17.6 Å². The molecule has 0 unspecified atom stereocenters. The van der Waals surface area contributed by atoms with E-state index >= 15 is 0 Å². The highest BCUT2D eigenvalue weighted by atomic mass is 35.5. The highest BCUT2D eigenvalue weighted by molar-refractivity contribution is 6.30. The zero-order valence-electron chi connectivity index (χ0n) is 11.7. The molecule has 3 N–H and O–H groups in total. The third kappa shape index (κ3) is 5.00. The Morgan fingerprint density at radius 3 is 2.86 bits per heavy atom. The Morgan fingerprint density at radius 1 is 1.36 bits per heavy atom. The maximum Gasteiger partial charge on any atom is 0.408 e. The van der Waals surface area contributed by atoms with Crippen molar-refractivity contribution in [1.29, 1.82) is 0 Å². The molecule has 0 radical (unpaired) electrons. The molecule has 0 aliphatic carbocycles. The number of amides is 1. The van der Waals surface area contributed by atoms with E-state index in [1.807, 2.05) is 30.3 Å². The number of hydrogen-bond donors (Lipinski definition) is 2. The second-order valence-electron chi connectivity index (χ2n) is 4.31. The lowest BCUT2D eigenvalue weighted by Crippen LogP contribution is -2.24. The van der Waals surface area contributed by atoms with Gasteiger partial charge in [-0.3, -0.25) is 0 Å². The monoisotopic (exact) mass is 315 g/mol. The number of halogens is 1. The molecule has 0 aliphatic rings. The lowest BCUT2D eigenvalue weighted by atomic mass is 10.2. The Labute approximate surface area is 133 Å². The van der Waals surface area contributed by atoms with Gasteiger partial charge < -0.3 is 15.8 Å². The molecule has 6 heteroatoms. The summed E-state index contributed by atoms with van der Waals surface area (Å²) in [5.41, 5.74) is 7.45. The lowest BCUT2D eigenvalue weighted by Gasteiger charge is -2.04. The van der Waals surface area contributed by atoms with Gasteiger partial charge in [0.15, 0.2) is 0 Å². The summed E-state index contributed by atoms with van der Waals surface area (Å²) >= 11 is 5.74. The molecule has 1 amide bonds. The van der Waals surface area contributed by atoms with Crippen molar-refractivity contribution in [2.45, 2.75) is 6.61 Å². The third-order valence-electron chi connectivity index (χ3n) is 2.62. The van der Waals surface area contributed by atoms with Crippen LogP contribution >= 0.6 is 11.6 Å². The topological polar surface area (TPSA) is 77.2 Å². The van der Waals surface area contributed by atoms with Crippen molar-refractivity contribution < 1.29 is 9.53 Å². The number of nitrogen functional groups attached to an aromatic ring is 1. The molecule has 0 bridgehead atoms. The maximum absolute atomic E-state index is 11.5. The predicted octanol–water partition coefficient (Wildman–Crippen LogP) is 2.60. The van der Waals surface area contributed by atoms with Crippen LogP contribution in [0.3, 0.4) is 0 Å². The van der Waals surface area contributed by atoms with Gasteiger partial charge in [-0.15, -0.1) is 0 Å². The van der Waals surface area contributed by atoms with Gasteiger partial charge in [0.1, 0.15) is 12.3 Å². The summed E-state index contributed by atoms with van der Waals surface area (Å²) in [4.78, 5) is 15.5. The third-order valence-corrected chi connectivity index (χ3v) is 2.83. The van der Waals surface area contributed by atoms with Crippen LogP contribution in [0.4, 0.5) is 10.5 Å². The molecule has 0 fully saturated rings. The predicted molar refractivity (Wildman–Crippen MR) is 85.2 cm³/mol. The van der Waals surface area contributed by atoms with Crippen LogP contribution in [0.2, 0.25) is 5.02 Å². The number of carbonyl (C=O) groups is 1. The molecule has 0 saturated carbocycles. The van der Waals surface area contributed by atoms with E-state index in [0.717, 1.165) is 5.56 Å². The van der Waals surface area contributed by atoms with Crippen molar-refractivity contribution in [1.82, 2.24) is 10.3 Å². The lowest BCUT2D eigenvalue weighted by molar-refractivity contribution is 0.141. The first kappa shape index (κ1) is 15.7. The summed E-state index contributed by atoms with van der Waals surface area (Å²) in [5.74, 6) is 5.50. The van der Waals surface area contributed by atoms with Crippen LogP contribution in [0.25, 0.3) is 0 Å². The molecule has 2 aromatic rings. The van der Waals surface area contributed by atoms with Gasteiger partial charge in [-0.2, -0.15) is 0 Å². The number of benzene rings is 1. The summed E-state index contributed by atoms with van der Waals surface area (Å²) in [6.45, 7) is 0.350. The van der Waals surface area contributed by atoms with Crippen molar-refractivity contribution in [2.75, 3.05) is 12.3 Å². The molecule has 2 rings (SSSR count). The summed E-state index contributed by atoms with van der Waals surface area (Å²) in [6, 6.07) is 11.0. The Kier molecular flexibility index (Phi) is 5.64. The minimum atomic E-state index is -0.532. The number of aromatic nitrogens is 1. The van der Waals surface area contributed by atoms with Crippen molar-refractivity contribution in [3.05, 3.63) is 58.9 Å². The standard InChI is InChI=1S/C16H14ClN3O2/c17-13-9-14(18)15(20-10-13)7-4-8-19-16(21)22-11-12-5-2-1-3-6-12/h1-3,5-6,9-10H,8,11,18H2,(H,19,21). The fraction of sp³-hybridized carbons (Fsp3) is 0.125. The molecule has 1 aromatic carbocycles. The highest BCUT2D eigenvalue weighted by Crippen LogP contribution is 2.13. The van der Waals surface area contributed by atoms with Gasteiger partial charge in [0.05, 0.1) is 17.3 Å². The van der Waals surface area contributed by atoms with Crippen LogP contribution in [0, 0.1) is 11.8 Å². The second-order valence-corrected chi connectivity index (χ2v) is 4.74. The SMILES string of the molecule is Nc1cc(Cl)cnc1C#CCNC(=O)OCc1ccccc1. The Balaban J connectivity index is 1.76. The van der Waals surface area contributed by atoms with Crippen molar-refractivity contribution in [3.63, 3.8) is 0 Å². The van der Waals surface area contributed by atoms with Crippen LogP contribution < -0.4 is 11.1 Å². The molecule has 1 heterocycles. The van der Waals surface area contributed by atoms with Gasteiger partial charge in [-0.1, -0.05) is 47.9 Å². The molecule has 0 saturated heterocycles. The molecule has 0 atom stereocenters. The number of nitrogens with two attached hydrogens (primary N) is 1. The number of nitrogens with zero attached hydrogens (tertiary/aromatic N) is 1. The quantitative estimate of drug-likeness (QED) is 0.853. The highest BCUT2D eigenvalue weighted by Gasteiger charge is 2.01. The number of anilines is 1. The van der Waals surface area contributed by atoms with E-state index in [2.05, 4.69) is 22.1 Å². The van der Waals surface area contributed by atoms with Gasteiger partial charge in [0.25, 0.3) is 0 Å². The minimum absolute atomic E-state index is 0.136. The van der Waals surface area contributed by atoms with E-state index in [9.17, 15) is 4.79 Å². The van der Waals surface area contributed by atoms with E-state index in [-0.39, 0.29) is 13.2 Å². The van der Waals surface area contributed by atoms with E-state index in [0.29, 0.717) is 16.4 Å². The van der Waals surface area contributed by atoms with Gasteiger partial charge in [0.2, 0.25) is 0 Å². The molecule has 0 spiro atoms. The average Bonchev–Trinajstić information content (AvgIpc) is 2.52. The van der Waals surface area contributed by atoms with Crippen LogP contribution in [0.5, 0.6) is 0 Å². The second kappa shape index (κ2) is 7.91. The first-order chi connectivity index (χ1) is 10.6. The zero-order chi connectivity index (χ0) is 15.8. The fourth-order valence-electron chi connectivity index (χ4n) is 1.58. The van der Waals surface area contributed by atoms with Crippen LogP contribution in [0.15, 0.2) is 42.6 Å². The first-order valence-corrected chi connectivity index (χ1v) is 6.87. The zero-order valence-corrected chi connectivity index (χ0v) is 12.4. The Hall–Kier alpha value is -2.71.